The fraction of sp³-hybridized carbons (Fsp3) is 0.357. The normalized spacial score (nSPS) is 24.5. The lowest BCUT2D eigenvalue weighted by atomic mass is 9.87. The number of halogens is 5. The molecule has 3 aliphatic rings. The van der Waals surface area contributed by atoms with E-state index in [4.69, 9.17) is 19.2 Å². The SMILES string of the molecule is COc1cc(/C=C2\OC3(COC3)CN3C2=NCC(C)C3c2ccc(S(F)(F)(F)(F)F)cc2)ccc1-n1cnc(C)c1. The minimum absolute atomic E-state index is 0.0972. The lowest BCUT2D eigenvalue weighted by molar-refractivity contribution is -0.202. The Bertz CT molecular complexity index is 1570. The van der Waals surface area contributed by atoms with E-state index in [0.717, 1.165) is 29.1 Å². The Morgan fingerprint density at radius 1 is 1.07 bits per heavy atom. The summed E-state index contributed by atoms with van der Waals surface area (Å²) in [5, 5.41) is 0. The van der Waals surface area contributed by atoms with E-state index in [1.165, 1.54) is 0 Å². The third-order valence-corrected chi connectivity index (χ3v) is 8.73. The predicted molar refractivity (Wildman–Crippen MR) is 146 cm³/mol. The number of hydrogen-bond acceptors (Lipinski definition) is 6. The zero-order valence-electron chi connectivity index (χ0n) is 22.6. The van der Waals surface area contributed by atoms with Gasteiger partial charge in [0.05, 0.1) is 50.6 Å². The third-order valence-electron chi connectivity index (χ3n) is 7.57. The van der Waals surface area contributed by atoms with E-state index in [1.54, 1.807) is 13.4 Å². The zero-order chi connectivity index (χ0) is 29.3. The van der Waals surface area contributed by atoms with Gasteiger partial charge in [-0.15, -0.1) is 0 Å². The number of aliphatic imine (C=N–C) groups is 1. The molecule has 2 aromatic carbocycles. The molecule has 41 heavy (non-hydrogen) atoms. The summed E-state index contributed by atoms with van der Waals surface area (Å²) in [5.41, 5.74) is 2.29. The molecule has 0 saturated carbocycles. The molecule has 2 saturated heterocycles. The van der Waals surface area contributed by atoms with E-state index in [0.29, 0.717) is 61.3 Å². The summed E-state index contributed by atoms with van der Waals surface area (Å²) in [5.74, 6) is 1.57. The van der Waals surface area contributed by atoms with Gasteiger partial charge < -0.3 is 23.7 Å². The van der Waals surface area contributed by atoms with Gasteiger partial charge >= 0.3 is 10.2 Å². The average Bonchev–Trinajstić information content (AvgIpc) is 3.32. The van der Waals surface area contributed by atoms with Crippen LogP contribution in [0.4, 0.5) is 19.4 Å². The molecule has 13 heteroatoms. The topological polar surface area (TPSA) is 61.1 Å². The van der Waals surface area contributed by atoms with Gasteiger partial charge in [-0.3, -0.25) is 4.99 Å². The Kier molecular flexibility index (Phi) is 5.86. The first kappa shape index (κ1) is 27.6. The third kappa shape index (κ3) is 5.16. The minimum atomic E-state index is -9.78. The lowest BCUT2D eigenvalue weighted by Crippen LogP contribution is -2.65. The second-order valence-electron chi connectivity index (χ2n) is 10.9. The largest absolute Gasteiger partial charge is 0.495 e. The number of hydrogen-bond donors (Lipinski definition) is 0. The molecule has 0 N–H and O–H groups in total. The van der Waals surface area contributed by atoms with E-state index >= 15 is 0 Å². The second-order valence-corrected chi connectivity index (χ2v) is 13.3. The van der Waals surface area contributed by atoms with Gasteiger partial charge in [-0.2, -0.15) is 0 Å². The average molecular weight is 597 g/mol. The quantitative estimate of drug-likeness (QED) is 0.295. The van der Waals surface area contributed by atoms with Gasteiger partial charge in [0.25, 0.3) is 0 Å². The van der Waals surface area contributed by atoms with Crippen molar-refractivity contribution in [1.29, 1.82) is 0 Å². The minimum Gasteiger partial charge on any atom is -0.495 e. The van der Waals surface area contributed by atoms with Crippen LogP contribution in [0.15, 0.2) is 70.6 Å². The predicted octanol–water partition coefficient (Wildman–Crippen LogP) is 7.08. The number of amidine groups is 1. The van der Waals surface area contributed by atoms with Gasteiger partial charge in [0.2, 0.25) is 0 Å². The highest BCUT2D eigenvalue weighted by atomic mass is 32.5. The number of benzene rings is 2. The van der Waals surface area contributed by atoms with Crippen molar-refractivity contribution in [2.24, 2.45) is 10.9 Å². The summed E-state index contributed by atoms with van der Waals surface area (Å²) in [7, 11) is -8.20. The number of morpholine rings is 1. The molecular weight excluding hydrogens is 567 g/mol. The number of ether oxygens (including phenoxy) is 3. The van der Waals surface area contributed by atoms with Crippen LogP contribution in [0.1, 0.15) is 29.8 Å². The van der Waals surface area contributed by atoms with Crippen LogP contribution in [0.2, 0.25) is 0 Å². The summed E-state index contributed by atoms with van der Waals surface area (Å²) in [6, 6.07) is 8.52. The Hall–Kier alpha value is -3.58. The number of rotatable bonds is 5. The van der Waals surface area contributed by atoms with Gasteiger partial charge in [0.15, 0.2) is 17.2 Å². The van der Waals surface area contributed by atoms with E-state index in [-0.39, 0.29) is 5.92 Å². The molecule has 1 aromatic heterocycles. The monoisotopic (exact) mass is 596 g/mol. The van der Waals surface area contributed by atoms with Crippen molar-refractivity contribution in [3.8, 4) is 11.4 Å². The first-order valence-corrected chi connectivity index (χ1v) is 14.9. The molecule has 0 amide bonds. The maximum atomic E-state index is 13.4. The van der Waals surface area contributed by atoms with Crippen molar-refractivity contribution in [3.63, 3.8) is 0 Å². The Balaban J connectivity index is 1.37. The molecule has 3 aliphatic heterocycles. The first-order valence-electron chi connectivity index (χ1n) is 13.0. The van der Waals surface area contributed by atoms with Crippen LogP contribution in [-0.4, -0.2) is 59.3 Å². The Morgan fingerprint density at radius 3 is 2.39 bits per heavy atom. The van der Waals surface area contributed by atoms with E-state index < -0.39 is 26.8 Å². The standard InChI is InChI=1S/C28H29F5N4O3S/c1-18-12-34-27-25(11-20-4-9-23(24(10-20)38-3)36-13-19(2)35-17-36)40-28(15-39-16-28)14-37(27)26(18)21-5-7-22(8-6-21)41(29,30,31,32)33/h4-11,13,17-18,26H,12,14-16H2,1-3H3/b25-11-. The number of methoxy groups -OCH3 is 1. The highest BCUT2D eigenvalue weighted by Crippen LogP contribution is 3.02. The molecule has 4 heterocycles. The van der Waals surface area contributed by atoms with Gasteiger partial charge in [-0.25, -0.2) is 4.98 Å². The van der Waals surface area contributed by atoms with Crippen LogP contribution in [0, 0.1) is 12.8 Å². The number of fused-ring (bicyclic) bond motifs is 1. The maximum Gasteiger partial charge on any atom is 0.310 e. The van der Waals surface area contributed by atoms with Crippen molar-refractivity contribution < 1.29 is 33.6 Å². The van der Waals surface area contributed by atoms with Crippen LogP contribution in [0.25, 0.3) is 11.8 Å². The Labute approximate surface area is 234 Å². The fourth-order valence-electron chi connectivity index (χ4n) is 5.58. The molecule has 6 rings (SSSR count). The van der Waals surface area contributed by atoms with Crippen molar-refractivity contribution in [2.75, 3.05) is 33.4 Å². The highest BCUT2D eigenvalue weighted by molar-refractivity contribution is 8.45. The van der Waals surface area contributed by atoms with Crippen molar-refractivity contribution in [2.45, 2.75) is 30.4 Å². The molecule has 0 radical (unpaired) electrons. The van der Waals surface area contributed by atoms with Crippen molar-refractivity contribution in [1.82, 2.24) is 14.5 Å². The summed E-state index contributed by atoms with van der Waals surface area (Å²) >= 11 is 0. The molecule has 3 aromatic rings. The molecule has 7 nitrogen and oxygen atoms in total. The summed E-state index contributed by atoms with van der Waals surface area (Å²) in [6.07, 6.45) is 5.44. The van der Waals surface area contributed by atoms with Crippen LogP contribution in [0.3, 0.4) is 0 Å². The number of aryl methyl sites for hydroxylation is 1. The summed E-state index contributed by atoms with van der Waals surface area (Å²) in [4.78, 5) is 9.14. The molecule has 0 aliphatic carbocycles. The number of nitrogens with zero attached hydrogens (tertiary/aromatic N) is 4. The van der Waals surface area contributed by atoms with Crippen molar-refractivity contribution in [3.05, 3.63) is 77.6 Å². The molecule has 220 valence electrons. The van der Waals surface area contributed by atoms with Crippen LogP contribution < -0.4 is 4.74 Å². The second kappa shape index (κ2) is 8.71. The lowest BCUT2D eigenvalue weighted by Gasteiger charge is -2.53. The summed E-state index contributed by atoms with van der Waals surface area (Å²) in [6.45, 7) is 5.28. The van der Waals surface area contributed by atoms with Crippen LogP contribution >= 0.6 is 10.2 Å². The van der Waals surface area contributed by atoms with Crippen LogP contribution in [-0.2, 0) is 9.47 Å². The van der Waals surface area contributed by atoms with Gasteiger partial charge in [-0.05, 0) is 48.4 Å². The van der Waals surface area contributed by atoms with E-state index in [1.807, 2.05) is 53.8 Å². The molecule has 2 atom stereocenters. The Morgan fingerprint density at radius 2 is 1.80 bits per heavy atom. The van der Waals surface area contributed by atoms with Gasteiger partial charge in [0, 0.05) is 18.7 Å². The molecule has 1 spiro atoms. The maximum absolute atomic E-state index is 13.4. The summed E-state index contributed by atoms with van der Waals surface area (Å²) < 4.78 is 86.3. The molecule has 2 fully saturated rings. The van der Waals surface area contributed by atoms with Gasteiger partial charge in [0.1, 0.15) is 10.6 Å². The van der Waals surface area contributed by atoms with E-state index in [9.17, 15) is 19.4 Å². The number of aromatic nitrogens is 2. The number of imidazole rings is 1. The van der Waals surface area contributed by atoms with Crippen LogP contribution in [0.5, 0.6) is 5.75 Å². The molecular formula is C28H29F5N4O3S. The molecule has 0 bridgehead atoms. The highest BCUT2D eigenvalue weighted by Gasteiger charge is 2.65. The first-order chi connectivity index (χ1) is 19.1. The smallest absolute Gasteiger partial charge is 0.310 e. The van der Waals surface area contributed by atoms with Crippen molar-refractivity contribution >= 4 is 22.1 Å². The van der Waals surface area contributed by atoms with E-state index in [2.05, 4.69) is 4.98 Å². The molecule has 2 unspecified atom stereocenters. The fourth-order valence-corrected chi connectivity index (χ4v) is 6.23. The van der Waals surface area contributed by atoms with Gasteiger partial charge in [-0.1, -0.05) is 44.6 Å². The zero-order valence-corrected chi connectivity index (χ0v) is 23.4.